The van der Waals surface area contributed by atoms with Crippen LogP contribution in [0.15, 0.2) is 59.5 Å². The van der Waals surface area contributed by atoms with Gasteiger partial charge in [-0.1, -0.05) is 0 Å². The standard InChI is InChI=1S/C25H20F2N6O2/c1-13(2)33-24-15(12-28-33)9-14(25(35)32-24)3-8-22(34)29-17-5-7-20-21(11-17)31-23(30-20)18-10-16(26)4-6-19(18)27/h3-13H,1-2H3,(H,29,34)(H,30,31)(H,32,35)/b8-3+. The van der Waals surface area contributed by atoms with Crippen molar-refractivity contribution in [3.8, 4) is 11.4 Å². The predicted octanol–water partition coefficient (Wildman–Crippen LogP) is 4.78. The topological polar surface area (TPSA) is 108 Å². The third-order valence-corrected chi connectivity index (χ3v) is 5.47. The Labute approximate surface area is 197 Å². The average Bonchev–Trinajstić information content (AvgIpc) is 3.42. The fraction of sp³-hybridized carbons (Fsp3) is 0.120. The number of imidazole rings is 1. The molecule has 3 aromatic heterocycles. The number of hydrogen-bond donors (Lipinski definition) is 3. The van der Waals surface area contributed by atoms with E-state index in [1.807, 2.05) is 13.8 Å². The molecule has 0 unspecified atom stereocenters. The van der Waals surface area contributed by atoms with E-state index in [2.05, 4.69) is 25.4 Å². The number of nitrogens with one attached hydrogen (secondary N) is 3. The summed E-state index contributed by atoms with van der Waals surface area (Å²) < 4.78 is 29.3. The summed E-state index contributed by atoms with van der Waals surface area (Å²) >= 11 is 0. The third kappa shape index (κ3) is 4.33. The summed E-state index contributed by atoms with van der Waals surface area (Å²) in [4.78, 5) is 34.9. The number of carbonyl (C=O) groups excluding carboxylic acids is 1. The molecule has 0 fully saturated rings. The molecule has 0 saturated carbocycles. The van der Waals surface area contributed by atoms with Crippen molar-refractivity contribution in [1.29, 1.82) is 0 Å². The molecule has 0 spiro atoms. The number of aromatic nitrogens is 5. The number of amides is 1. The number of anilines is 1. The van der Waals surface area contributed by atoms with Crippen LogP contribution in [-0.4, -0.2) is 30.6 Å². The molecule has 5 aromatic rings. The molecule has 0 radical (unpaired) electrons. The maximum atomic E-state index is 14.1. The van der Waals surface area contributed by atoms with Gasteiger partial charge in [0.1, 0.15) is 23.1 Å². The lowest BCUT2D eigenvalue weighted by atomic mass is 10.2. The van der Waals surface area contributed by atoms with Crippen LogP contribution < -0.4 is 10.9 Å². The van der Waals surface area contributed by atoms with Crippen molar-refractivity contribution in [1.82, 2.24) is 24.7 Å². The van der Waals surface area contributed by atoms with Crippen molar-refractivity contribution in [3.05, 3.63) is 82.3 Å². The highest BCUT2D eigenvalue weighted by Gasteiger charge is 2.12. The van der Waals surface area contributed by atoms with Gasteiger partial charge in [0.05, 0.1) is 22.8 Å². The van der Waals surface area contributed by atoms with Gasteiger partial charge in [-0.25, -0.2) is 18.4 Å². The first kappa shape index (κ1) is 22.2. The monoisotopic (exact) mass is 474 g/mol. The summed E-state index contributed by atoms with van der Waals surface area (Å²) in [6.45, 7) is 3.92. The molecule has 0 bridgehead atoms. The van der Waals surface area contributed by atoms with Gasteiger partial charge >= 0.3 is 0 Å². The Morgan fingerprint density at radius 1 is 1.11 bits per heavy atom. The van der Waals surface area contributed by atoms with E-state index in [1.54, 1.807) is 35.1 Å². The minimum absolute atomic E-state index is 0.0100. The molecule has 176 valence electrons. The minimum atomic E-state index is -0.603. The van der Waals surface area contributed by atoms with Crippen LogP contribution in [0.2, 0.25) is 0 Å². The summed E-state index contributed by atoms with van der Waals surface area (Å²) in [5, 5.41) is 7.75. The quantitative estimate of drug-likeness (QED) is 0.319. The van der Waals surface area contributed by atoms with E-state index in [0.717, 1.165) is 23.6 Å². The van der Waals surface area contributed by atoms with E-state index in [-0.39, 0.29) is 23.0 Å². The number of hydrogen-bond acceptors (Lipinski definition) is 4. The Kier molecular flexibility index (Phi) is 5.48. The zero-order valence-corrected chi connectivity index (χ0v) is 18.8. The van der Waals surface area contributed by atoms with Crippen LogP contribution in [0, 0.1) is 11.6 Å². The molecule has 0 aliphatic rings. The van der Waals surface area contributed by atoms with Crippen molar-refractivity contribution < 1.29 is 13.6 Å². The number of nitrogens with zero attached hydrogens (tertiary/aromatic N) is 3. The lowest BCUT2D eigenvalue weighted by Gasteiger charge is -2.06. The van der Waals surface area contributed by atoms with Gasteiger partial charge in [-0.3, -0.25) is 9.59 Å². The molecular weight excluding hydrogens is 454 g/mol. The molecule has 10 heteroatoms. The Bertz CT molecular complexity index is 1680. The van der Waals surface area contributed by atoms with Gasteiger partial charge in [-0.2, -0.15) is 5.10 Å². The molecule has 0 aliphatic heterocycles. The van der Waals surface area contributed by atoms with Crippen LogP contribution in [0.3, 0.4) is 0 Å². The Morgan fingerprint density at radius 3 is 2.74 bits per heavy atom. The van der Waals surface area contributed by atoms with Crippen LogP contribution in [0.5, 0.6) is 0 Å². The van der Waals surface area contributed by atoms with E-state index in [9.17, 15) is 18.4 Å². The van der Waals surface area contributed by atoms with Crippen molar-refractivity contribution in [2.24, 2.45) is 0 Å². The number of carbonyl (C=O) groups is 1. The molecule has 2 aromatic carbocycles. The Morgan fingerprint density at radius 2 is 1.94 bits per heavy atom. The first-order valence-corrected chi connectivity index (χ1v) is 10.8. The summed E-state index contributed by atoms with van der Waals surface area (Å²) in [5.41, 5.74) is 2.15. The highest BCUT2D eigenvalue weighted by atomic mass is 19.1. The zero-order chi connectivity index (χ0) is 24.7. The first-order valence-electron chi connectivity index (χ1n) is 10.8. The van der Waals surface area contributed by atoms with Crippen molar-refractivity contribution in [3.63, 3.8) is 0 Å². The van der Waals surface area contributed by atoms with E-state index in [1.165, 1.54) is 12.2 Å². The molecule has 8 nitrogen and oxygen atoms in total. The molecular formula is C25H20F2N6O2. The number of benzene rings is 2. The van der Waals surface area contributed by atoms with E-state index >= 15 is 0 Å². The van der Waals surface area contributed by atoms with Crippen LogP contribution in [0.1, 0.15) is 25.5 Å². The summed E-state index contributed by atoms with van der Waals surface area (Å²) in [7, 11) is 0. The fourth-order valence-corrected chi connectivity index (χ4v) is 3.78. The van der Waals surface area contributed by atoms with Crippen LogP contribution in [0.25, 0.3) is 39.5 Å². The zero-order valence-electron chi connectivity index (χ0n) is 18.8. The second kappa shape index (κ2) is 8.64. The van der Waals surface area contributed by atoms with Gasteiger partial charge in [-0.05, 0) is 62.4 Å². The molecule has 0 saturated heterocycles. The van der Waals surface area contributed by atoms with Crippen LogP contribution >= 0.6 is 0 Å². The van der Waals surface area contributed by atoms with Gasteiger partial charge < -0.3 is 15.3 Å². The number of fused-ring (bicyclic) bond motifs is 2. The molecule has 3 heterocycles. The van der Waals surface area contributed by atoms with Crippen LogP contribution in [0.4, 0.5) is 14.5 Å². The summed E-state index contributed by atoms with van der Waals surface area (Å²) in [6.07, 6.45) is 4.35. The third-order valence-electron chi connectivity index (χ3n) is 5.47. The van der Waals surface area contributed by atoms with Crippen molar-refractivity contribution in [2.45, 2.75) is 19.9 Å². The normalized spacial score (nSPS) is 11.8. The lowest BCUT2D eigenvalue weighted by molar-refractivity contribution is -0.111. The molecule has 3 N–H and O–H groups in total. The largest absolute Gasteiger partial charge is 0.338 e. The first-order chi connectivity index (χ1) is 16.8. The van der Waals surface area contributed by atoms with Gasteiger partial charge in [0.2, 0.25) is 5.91 Å². The summed E-state index contributed by atoms with van der Waals surface area (Å²) in [5.74, 6) is -1.45. The van der Waals surface area contributed by atoms with Gasteiger partial charge in [0.25, 0.3) is 5.56 Å². The average molecular weight is 474 g/mol. The Balaban J connectivity index is 1.35. The second-order valence-corrected chi connectivity index (χ2v) is 8.30. The molecule has 0 atom stereocenters. The molecule has 5 rings (SSSR count). The molecule has 0 aliphatic carbocycles. The van der Waals surface area contributed by atoms with Crippen molar-refractivity contribution >= 4 is 39.7 Å². The Hall–Kier alpha value is -4.60. The second-order valence-electron chi connectivity index (χ2n) is 8.30. The van der Waals surface area contributed by atoms with Crippen molar-refractivity contribution in [2.75, 3.05) is 5.32 Å². The maximum absolute atomic E-state index is 14.1. The minimum Gasteiger partial charge on any atom is -0.338 e. The fourth-order valence-electron chi connectivity index (χ4n) is 3.78. The van der Waals surface area contributed by atoms with Gasteiger partial charge in [0, 0.05) is 28.8 Å². The van der Waals surface area contributed by atoms with Gasteiger partial charge in [-0.15, -0.1) is 0 Å². The highest BCUT2D eigenvalue weighted by Crippen LogP contribution is 2.25. The number of H-pyrrole nitrogens is 2. The molecule has 35 heavy (non-hydrogen) atoms. The summed E-state index contributed by atoms with van der Waals surface area (Å²) in [6, 6.07) is 9.82. The van der Waals surface area contributed by atoms with E-state index < -0.39 is 17.5 Å². The SMILES string of the molecule is CC(C)n1ncc2cc(/C=C/C(=O)Nc3ccc4nc(-c5cc(F)ccc5F)[nH]c4c3)c(=O)[nH]c21. The predicted molar refractivity (Wildman–Crippen MR) is 130 cm³/mol. The van der Waals surface area contributed by atoms with Crippen LogP contribution in [-0.2, 0) is 4.79 Å². The van der Waals surface area contributed by atoms with Gasteiger partial charge in [0.15, 0.2) is 0 Å². The van der Waals surface area contributed by atoms with E-state index in [4.69, 9.17) is 0 Å². The maximum Gasteiger partial charge on any atom is 0.256 e. The number of aromatic amines is 2. The highest BCUT2D eigenvalue weighted by molar-refractivity contribution is 6.03. The number of rotatable bonds is 5. The number of pyridine rings is 1. The lowest BCUT2D eigenvalue weighted by Crippen LogP contribution is -2.13. The smallest absolute Gasteiger partial charge is 0.256 e. The van der Waals surface area contributed by atoms with E-state index in [0.29, 0.717) is 27.9 Å². The number of halogens is 2. The molecule has 1 amide bonds.